The van der Waals surface area contributed by atoms with Crippen LogP contribution in [0.4, 0.5) is 0 Å². The highest BCUT2D eigenvalue weighted by atomic mass is 32.2. The molecule has 7 heteroatoms. The largest absolute Gasteiger partial charge is 0.486 e. The van der Waals surface area contributed by atoms with Gasteiger partial charge in [0.15, 0.2) is 11.5 Å². The summed E-state index contributed by atoms with van der Waals surface area (Å²) in [6.07, 6.45) is 4.12. The van der Waals surface area contributed by atoms with E-state index >= 15 is 0 Å². The van der Waals surface area contributed by atoms with Crippen molar-refractivity contribution in [3.63, 3.8) is 0 Å². The van der Waals surface area contributed by atoms with Gasteiger partial charge in [0.2, 0.25) is 0 Å². The fraction of sp³-hybridized carbons (Fsp3) is 0.632. The molecule has 0 atom stereocenters. The average molecular weight is 381 g/mol. The summed E-state index contributed by atoms with van der Waals surface area (Å²) < 4.78 is 11.4. The number of likely N-dealkylation sites (tertiary alicyclic amines) is 1. The topological polar surface area (TPSA) is 62.2 Å². The van der Waals surface area contributed by atoms with E-state index in [-0.39, 0.29) is 6.54 Å². The first kappa shape index (κ1) is 19.3. The Morgan fingerprint density at radius 2 is 1.92 bits per heavy atom. The molecule has 1 aromatic rings. The Balaban J connectivity index is 1.61. The Kier molecular flexibility index (Phi) is 6.67. The number of carboxylic acid groups (broad SMARTS) is 1. The standard InChI is InChI=1S/C19H28N2O4S/c1-3-21(13-19(22)23)15-4-6-20(7-5-15)12-14-10-16-17(11-18(14)26-2)25-9-8-24-16/h10-11,15H,3-9,12-13H2,1-2H3,(H,22,23). The smallest absolute Gasteiger partial charge is 0.317 e. The van der Waals surface area contributed by atoms with Gasteiger partial charge in [-0.05, 0) is 56.4 Å². The van der Waals surface area contributed by atoms with Gasteiger partial charge in [-0.3, -0.25) is 14.6 Å². The number of carboxylic acids is 1. The number of thioether (sulfide) groups is 1. The van der Waals surface area contributed by atoms with Crippen LogP contribution in [-0.2, 0) is 11.3 Å². The van der Waals surface area contributed by atoms with Gasteiger partial charge in [-0.25, -0.2) is 0 Å². The van der Waals surface area contributed by atoms with Crippen LogP contribution in [0.2, 0.25) is 0 Å². The predicted molar refractivity (Wildman–Crippen MR) is 102 cm³/mol. The van der Waals surface area contributed by atoms with Crippen LogP contribution in [-0.4, -0.2) is 72.6 Å². The third-order valence-electron chi connectivity index (χ3n) is 5.16. The second-order valence-corrected chi connectivity index (χ2v) is 7.62. The number of benzene rings is 1. The lowest BCUT2D eigenvalue weighted by Gasteiger charge is -2.37. The quantitative estimate of drug-likeness (QED) is 0.730. The van der Waals surface area contributed by atoms with Gasteiger partial charge in [0, 0.05) is 17.5 Å². The van der Waals surface area contributed by atoms with E-state index in [9.17, 15) is 4.79 Å². The van der Waals surface area contributed by atoms with Crippen LogP contribution in [0.1, 0.15) is 25.3 Å². The van der Waals surface area contributed by atoms with Crippen LogP contribution in [0, 0.1) is 0 Å². The molecule has 3 rings (SSSR count). The zero-order valence-corrected chi connectivity index (χ0v) is 16.4. The van der Waals surface area contributed by atoms with E-state index in [0.717, 1.165) is 50.5 Å². The molecule has 0 bridgehead atoms. The molecule has 0 amide bonds. The number of hydrogen-bond acceptors (Lipinski definition) is 6. The van der Waals surface area contributed by atoms with Crippen LogP contribution in [0.3, 0.4) is 0 Å². The summed E-state index contributed by atoms with van der Waals surface area (Å²) in [6.45, 7) is 7.05. The van der Waals surface area contributed by atoms with E-state index in [2.05, 4.69) is 28.2 Å². The van der Waals surface area contributed by atoms with Crippen molar-refractivity contribution in [3.8, 4) is 11.5 Å². The molecule has 2 heterocycles. The first-order chi connectivity index (χ1) is 12.6. The molecule has 0 unspecified atom stereocenters. The summed E-state index contributed by atoms with van der Waals surface area (Å²) in [7, 11) is 0. The highest BCUT2D eigenvalue weighted by Crippen LogP contribution is 2.37. The number of fused-ring (bicyclic) bond motifs is 1. The summed E-state index contributed by atoms with van der Waals surface area (Å²) in [5.74, 6) is 0.947. The lowest BCUT2D eigenvalue weighted by molar-refractivity contribution is -0.139. The molecule has 1 N–H and O–H groups in total. The van der Waals surface area contributed by atoms with Gasteiger partial charge >= 0.3 is 5.97 Å². The van der Waals surface area contributed by atoms with Crippen molar-refractivity contribution in [2.45, 2.75) is 37.2 Å². The summed E-state index contributed by atoms with van der Waals surface area (Å²) >= 11 is 1.74. The van der Waals surface area contributed by atoms with Crippen molar-refractivity contribution >= 4 is 17.7 Å². The van der Waals surface area contributed by atoms with Crippen molar-refractivity contribution in [1.82, 2.24) is 9.80 Å². The van der Waals surface area contributed by atoms with Crippen molar-refractivity contribution in [2.75, 3.05) is 45.6 Å². The van der Waals surface area contributed by atoms with Gasteiger partial charge < -0.3 is 14.6 Å². The van der Waals surface area contributed by atoms with Crippen LogP contribution in [0.15, 0.2) is 17.0 Å². The number of ether oxygens (including phenoxy) is 2. The Labute approximate surface area is 159 Å². The second kappa shape index (κ2) is 8.97. The molecular weight excluding hydrogens is 352 g/mol. The summed E-state index contributed by atoms with van der Waals surface area (Å²) in [5, 5.41) is 9.07. The molecule has 2 aliphatic heterocycles. The molecule has 2 aliphatic rings. The van der Waals surface area contributed by atoms with Crippen LogP contribution >= 0.6 is 11.8 Å². The molecule has 1 saturated heterocycles. The van der Waals surface area contributed by atoms with E-state index in [1.807, 2.05) is 6.92 Å². The molecule has 0 saturated carbocycles. The van der Waals surface area contributed by atoms with Gasteiger partial charge in [-0.2, -0.15) is 0 Å². The molecule has 0 aromatic heterocycles. The first-order valence-electron chi connectivity index (χ1n) is 9.25. The number of carbonyl (C=O) groups is 1. The number of piperidine rings is 1. The van der Waals surface area contributed by atoms with E-state index in [1.165, 1.54) is 10.5 Å². The minimum atomic E-state index is -0.741. The number of nitrogens with zero attached hydrogens (tertiary/aromatic N) is 2. The minimum Gasteiger partial charge on any atom is -0.486 e. The van der Waals surface area contributed by atoms with E-state index in [4.69, 9.17) is 14.6 Å². The maximum atomic E-state index is 11.0. The number of rotatable bonds is 7. The Hall–Kier alpha value is -1.44. The molecule has 144 valence electrons. The zero-order valence-electron chi connectivity index (χ0n) is 15.6. The van der Waals surface area contributed by atoms with Crippen molar-refractivity contribution in [3.05, 3.63) is 17.7 Å². The first-order valence-corrected chi connectivity index (χ1v) is 10.5. The molecule has 1 aromatic carbocycles. The molecule has 26 heavy (non-hydrogen) atoms. The fourth-order valence-electron chi connectivity index (χ4n) is 3.78. The molecule has 6 nitrogen and oxygen atoms in total. The minimum absolute atomic E-state index is 0.139. The zero-order chi connectivity index (χ0) is 18.5. The molecule has 0 aliphatic carbocycles. The Bertz CT molecular complexity index is 632. The maximum absolute atomic E-state index is 11.0. The van der Waals surface area contributed by atoms with E-state index in [1.54, 1.807) is 11.8 Å². The highest BCUT2D eigenvalue weighted by molar-refractivity contribution is 7.98. The van der Waals surface area contributed by atoms with Gasteiger partial charge in [-0.1, -0.05) is 6.92 Å². The third-order valence-corrected chi connectivity index (χ3v) is 5.98. The second-order valence-electron chi connectivity index (χ2n) is 6.77. The van der Waals surface area contributed by atoms with E-state index in [0.29, 0.717) is 19.3 Å². The molecular formula is C19H28N2O4S. The van der Waals surface area contributed by atoms with Crippen LogP contribution < -0.4 is 9.47 Å². The lowest BCUT2D eigenvalue weighted by Crippen LogP contribution is -2.46. The van der Waals surface area contributed by atoms with Crippen molar-refractivity contribution < 1.29 is 19.4 Å². The maximum Gasteiger partial charge on any atom is 0.317 e. The number of likely N-dealkylation sites (N-methyl/N-ethyl adjacent to an activating group) is 1. The van der Waals surface area contributed by atoms with Crippen molar-refractivity contribution in [2.24, 2.45) is 0 Å². The van der Waals surface area contributed by atoms with Gasteiger partial charge in [0.25, 0.3) is 0 Å². The summed E-state index contributed by atoms with van der Waals surface area (Å²) in [6, 6.07) is 4.58. The summed E-state index contributed by atoms with van der Waals surface area (Å²) in [5.41, 5.74) is 1.28. The number of hydrogen-bond donors (Lipinski definition) is 1. The molecule has 1 fully saturated rings. The van der Waals surface area contributed by atoms with Gasteiger partial charge in [0.05, 0.1) is 6.54 Å². The van der Waals surface area contributed by atoms with Gasteiger partial charge in [0.1, 0.15) is 13.2 Å². The molecule has 0 spiro atoms. The van der Waals surface area contributed by atoms with Crippen LogP contribution in [0.25, 0.3) is 0 Å². The monoisotopic (exact) mass is 380 g/mol. The Morgan fingerprint density at radius 3 is 2.50 bits per heavy atom. The fourth-order valence-corrected chi connectivity index (χ4v) is 4.39. The molecule has 0 radical (unpaired) electrons. The van der Waals surface area contributed by atoms with E-state index < -0.39 is 5.97 Å². The third kappa shape index (κ3) is 4.64. The van der Waals surface area contributed by atoms with Crippen molar-refractivity contribution in [1.29, 1.82) is 0 Å². The predicted octanol–water partition coefficient (Wildman–Crippen LogP) is 2.55. The highest BCUT2D eigenvalue weighted by Gasteiger charge is 2.26. The average Bonchev–Trinajstić information content (AvgIpc) is 2.66. The Morgan fingerprint density at radius 1 is 1.27 bits per heavy atom. The summed E-state index contributed by atoms with van der Waals surface area (Å²) in [4.78, 5) is 16.8. The normalized spacial score (nSPS) is 18.3. The van der Waals surface area contributed by atoms with Gasteiger partial charge in [-0.15, -0.1) is 11.8 Å². The van der Waals surface area contributed by atoms with Crippen LogP contribution in [0.5, 0.6) is 11.5 Å². The SMILES string of the molecule is CCN(CC(=O)O)C1CCN(Cc2cc3c(cc2SC)OCCO3)CC1. The number of aliphatic carboxylic acids is 1. The lowest BCUT2D eigenvalue weighted by atomic mass is 10.0.